The molecule has 0 aliphatic heterocycles. The number of phosphoric acid groups is 2. The summed E-state index contributed by atoms with van der Waals surface area (Å²) >= 11 is 0. The lowest BCUT2D eigenvalue weighted by Gasteiger charge is -2.21. The van der Waals surface area contributed by atoms with Crippen LogP contribution in [0.4, 0.5) is 0 Å². The number of hydrogen-bond acceptors (Lipinski definition) is 15. The molecule has 0 amide bonds. The van der Waals surface area contributed by atoms with Crippen molar-refractivity contribution in [2.45, 2.75) is 471 Å². The van der Waals surface area contributed by atoms with E-state index in [1.54, 1.807) is 0 Å². The lowest BCUT2D eigenvalue weighted by atomic mass is 10.0. The lowest BCUT2D eigenvalue weighted by Crippen LogP contribution is -2.30. The van der Waals surface area contributed by atoms with Crippen LogP contribution in [-0.2, 0) is 65.4 Å². The van der Waals surface area contributed by atoms with Gasteiger partial charge < -0.3 is 33.8 Å². The molecule has 0 aromatic carbocycles. The van der Waals surface area contributed by atoms with Gasteiger partial charge in [0.15, 0.2) is 12.2 Å². The number of phosphoric ester groups is 2. The predicted molar refractivity (Wildman–Crippen MR) is 428 cm³/mol. The summed E-state index contributed by atoms with van der Waals surface area (Å²) in [4.78, 5) is 73.1. The van der Waals surface area contributed by atoms with Crippen molar-refractivity contribution in [3.05, 3.63) is 0 Å². The average Bonchev–Trinajstić information content (AvgIpc) is 0.912. The van der Waals surface area contributed by atoms with Crippen LogP contribution in [0.3, 0.4) is 0 Å². The molecule has 3 N–H and O–H groups in total. The number of ether oxygens (including phenoxy) is 4. The summed E-state index contributed by atoms with van der Waals surface area (Å²) < 4.78 is 68.8. The minimum atomic E-state index is -4.97. The molecule has 0 aromatic heterocycles. The van der Waals surface area contributed by atoms with E-state index in [2.05, 4.69) is 41.5 Å². The van der Waals surface area contributed by atoms with Crippen molar-refractivity contribution >= 4 is 39.5 Å². The molecule has 5 atom stereocenters. The Morgan fingerprint density at radius 2 is 0.442 bits per heavy atom. The zero-order chi connectivity index (χ0) is 76.4. The highest BCUT2D eigenvalue weighted by Gasteiger charge is 2.30. The Kier molecular flexibility index (Phi) is 75.0. The number of aliphatic hydroxyl groups is 1. The average molecular weight is 1520 g/mol. The molecule has 104 heavy (non-hydrogen) atoms. The molecule has 0 aliphatic carbocycles. The monoisotopic (exact) mass is 1520 g/mol. The number of unbranched alkanes of at least 4 members (excludes halogenated alkanes) is 54. The lowest BCUT2D eigenvalue weighted by molar-refractivity contribution is -0.161. The second-order valence-electron chi connectivity index (χ2n) is 31.5. The van der Waals surface area contributed by atoms with Gasteiger partial charge in [0.2, 0.25) is 0 Å². The first kappa shape index (κ1) is 102. The first-order valence-electron chi connectivity index (χ1n) is 44.0. The van der Waals surface area contributed by atoms with E-state index in [1.165, 1.54) is 270 Å². The molecule has 0 rings (SSSR count). The fourth-order valence-corrected chi connectivity index (χ4v) is 14.8. The van der Waals surface area contributed by atoms with E-state index in [0.717, 1.165) is 102 Å². The number of hydrogen-bond donors (Lipinski definition) is 3. The minimum Gasteiger partial charge on any atom is -0.462 e. The maximum atomic E-state index is 13.1. The maximum Gasteiger partial charge on any atom is 0.472 e. The van der Waals surface area contributed by atoms with Crippen LogP contribution in [0.5, 0.6) is 0 Å². The third-order valence-electron chi connectivity index (χ3n) is 20.0. The van der Waals surface area contributed by atoms with Crippen molar-refractivity contribution in [3.8, 4) is 0 Å². The van der Waals surface area contributed by atoms with Crippen molar-refractivity contribution in [2.24, 2.45) is 11.8 Å². The highest BCUT2D eigenvalue weighted by molar-refractivity contribution is 7.47. The van der Waals surface area contributed by atoms with Crippen molar-refractivity contribution in [1.29, 1.82) is 0 Å². The smallest absolute Gasteiger partial charge is 0.462 e. The van der Waals surface area contributed by atoms with E-state index in [9.17, 15) is 43.2 Å². The molecule has 0 aliphatic rings. The Hall–Kier alpha value is -1.94. The van der Waals surface area contributed by atoms with Crippen molar-refractivity contribution in [3.63, 3.8) is 0 Å². The Balaban J connectivity index is 5.21. The molecular weight excluding hydrogens is 1350 g/mol. The zero-order valence-electron chi connectivity index (χ0n) is 68.3. The largest absolute Gasteiger partial charge is 0.472 e. The summed E-state index contributed by atoms with van der Waals surface area (Å²) in [7, 11) is -9.92. The number of carbonyl (C=O) groups is 4. The second-order valence-corrected chi connectivity index (χ2v) is 34.4. The molecule has 17 nitrogen and oxygen atoms in total. The fourth-order valence-electron chi connectivity index (χ4n) is 13.2. The Labute approximate surface area is 638 Å². The second kappa shape index (κ2) is 76.4. The third kappa shape index (κ3) is 78.2. The van der Waals surface area contributed by atoms with Crippen LogP contribution in [-0.4, -0.2) is 96.7 Å². The molecule has 0 heterocycles. The molecule has 0 bridgehead atoms. The van der Waals surface area contributed by atoms with Crippen LogP contribution >= 0.6 is 15.6 Å². The highest BCUT2D eigenvalue weighted by Crippen LogP contribution is 2.45. The number of carbonyl (C=O) groups excluding carboxylic acids is 4. The standard InChI is InChI=1S/C85H166O17P2/c1-7-9-11-13-15-17-19-21-23-25-27-28-29-31-33-35-37-39-43-51-57-63-69-84(89)101-80(73-95-82(87)67-61-55-49-42-38-36-34-32-30-26-24-22-20-18-16-14-12-10-8-2)75-99-103(91,92)97-71-79(86)72-98-104(93,94)100-76-81(74-96-83(88)68-62-56-50-46-45-48-54-60-66-78(5)6)102-85(90)70-64-58-52-44-40-41-47-53-59-65-77(3)4/h77-81,86H,7-76H2,1-6H3,(H,91,92)(H,93,94)/t79-,80-,81-/m1/s1. The first-order valence-corrected chi connectivity index (χ1v) is 47.0. The summed E-state index contributed by atoms with van der Waals surface area (Å²) in [6.45, 7) is 9.59. The van der Waals surface area contributed by atoms with Crippen molar-refractivity contribution < 1.29 is 80.2 Å². The van der Waals surface area contributed by atoms with Gasteiger partial charge in [0.25, 0.3) is 0 Å². The number of rotatable bonds is 84. The van der Waals surface area contributed by atoms with Gasteiger partial charge in [0, 0.05) is 25.7 Å². The van der Waals surface area contributed by atoms with Gasteiger partial charge in [-0.15, -0.1) is 0 Å². The molecule has 0 aromatic rings. The molecule has 19 heteroatoms. The Bertz CT molecular complexity index is 1990. The van der Waals surface area contributed by atoms with Crippen LogP contribution < -0.4 is 0 Å². The molecule has 0 saturated carbocycles. The van der Waals surface area contributed by atoms with Crippen LogP contribution in [0.25, 0.3) is 0 Å². The third-order valence-corrected chi connectivity index (χ3v) is 21.9. The van der Waals surface area contributed by atoms with Crippen LogP contribution in [0.2, 0.25) is 0 Å². The van der Waals surface area contributed by atoms with Gasteiger partial charge in [-0.05, 0) is 37.5 Å². The summed E-state index contributed by atoms with van der Waals surface area (Å²) in [5.41, 5.74) is 0. The van der Waals surface area contributed by atoms with Gasteiger partial charge in [0.05, 0.1) is 26.4 Å². The van der Waals surface area contributed by atoms with Gasteiger partial charge >= 0.3 is 39.5 Å². The topological polar surface area (TPSA) is 237 Å². The van der Waals surface area contributed by atoms with E-state index in [0.29, 0.717) is 25.7 Å². The highest BCUT2D eigenvalue weighted by atomic mass is 31.2. The van der Waals surface area contributed by atoms with Crippen LogP contribution in [0.15, 0.2) is 0 Å². The molecule has 2 unspecified atom stereocenters. The molecular formula is C85H166O17P2. The Morgan fingerprint density at radius 3 is 0.654 bits per heavy atom. The quantitative estimate of drug-likeness (QED) is 0.0222. The van der Waals surface area contributed by atoms with E-state index < -0.39 is 97.5 Å². The number of aliphatic hydroxyl groups excluding tert-OH is 1. The predicted octanol–water partition coefficient (Wildman–Crippen LogP) is 25.8. The van der Waals surface area contributed by atoms with Gasteiger partial charge in [0.1, 0.15) is 19.3 Å². The van der Waals surface area contributed by atoms with Crippen molar-refractivity contribution in [2.75, 3.05) is 39.6 Å². The summed E-state index contributed by atoms with van der Waals surface area (Å²) in [6.07, 6.45) is 68.3. The van der Waals surface area contributed by atoms with E-state index in [-0.39, 0.29) is 25.7 Å². The van der Waals surface area contributed by atoms with Gasteiger partial charge in [-0.1, -0.05) is 401 Å². The van der Waals surface area contributed by atoms with E-state index in [4.69, 9.17) is 37.0 Å². The SMILES string of the molecule is CCCCCCCCCCCCCCCCCCCCCCCCC(=O)O[C@H](COC(=O)CCCCCCCCCCCCCCCCCCCCC)COP(=O)(O)OC[C@@H](O)COP(=O)(O)OC[C@@H](COC(=O)CCCCCCCCCCC(C)C)OC(=O)CCCCCCCCCCCC(C)C. The first-order chi connectivity index (χ1) is 50.4. The number of esters is 4. The minimum absolute atomic E-state index is 0.105. The summed E-state index contributed by atoms with van der Waals surface area (Å²) in [5.74, 6) is -0.644. The fraction of sp³-hybridized carbons (Fsp3) is 0.953. The summed E-state index contributed by atoms with van der Waals surface area (Å²) in [5, 5.41) is 10.7. The van der Waals surface area contributed by atoms with E-state index >= 15 is 0 Å². The van der Waals surface area contributed by atoms with Crippen LogP contribution in [0, 0.1) is 11.8 Å². The van der Waals surface area contributed by atoms with Gasteiger partial charge in [-0.2, -0.15) is 0 Å². The summed E-state index contributed by atoms with van der Waals surface area (Å²) in [6, 6.07) is 0. The zero-order valence-corrected chi connectivity index (χ0v) is 70.1. The molecule has 0 spiro atoms. The van der Waals surface area contributed by atoms with Gasteiger partial charge in [-0.25, -0.2) is 9.13 Å². The van der Waals surface area contributed by atoms with E-state index in [1.807, 2.05) is 0 Å². The normalized spacial score (nSPS) is 13.8. The molecule has 0 saturated heterocycles. The molecule has 618 valence electrons. The van der Waals surface area contributed by atoms with Crippen LogP contribution in [0.1, 0.15) is 452 Å². The van der Waals surface area contributed by atoms with Crippen molar-refractivity contribution in [1.82, 2.24) is 0 Å². The maximum absolute atomic E-state index is 13.1. The van der Waals surface area contributed by atoms with Gasteiger partial charge in [-0.3, -0.25) is 37.3 Å². The Morgan fingerprint density at radius 1 is 0.260 bits per heavy atom. The molecule has 0 fully saturated rings. The molecule has 0 radical (unpaired) electrons.